The van der Waals surface area contributed by atoms with Gasteiger partial charge in [-0.05, 0) is 73.2 Å². The van der Waals surface area contributed by atoms with Crippen molar-refractivity contribution in [3.8, 4) is 5.75 Å². The highest BCUT2D eigenvalue weighted by atomic mass is 35.5. The van der Waals surface area contributed by atoms with Crippen molar-refractivity contribution in [1.82, 2.24) is 0 Å². The Morgan fingerprint density at radius 3 is 2.34 bits per heavy atom. The molecule has 0 fully saturated rings. The Morgan fingerprint density at radius 2 is 1.66 bits per heavy atom. The van der Waals surface area contributed by atoms with E-state index in [1.54, 1.807) is 42.5 Å². The van der Waals surface area contributed by atoms with E-state index in [0.29, 0.717) is 27.7 Å². The second kappa shape index (κ2) is 9.21. The number of hydrogen-bond donors (Lipinski definition) is 2. The number of anilines is 2. The lowest BCUT2D eigenvalue weighted by atomic mass is 10.1. The van der Waals surface area contributed by atoms with E-state index >= 15 is 0 Å². The molecule has 0 aliphatic heterocycles. The van der Waals surface area contributed by atoms with Crippen LogP contribution in [0.1, 0.15) is 15.9 Å². The van der Waals surface area contributed by atoms with Gasteiger partial charge in [0.1, 0.15) is 11.6 Å². The first-order valence-corrected chi connectivity index (χ1v) is 9.15. The average Bonchev–Trinajstić information content (AvgIpc) is 2.72. The number of halogens is 2. The van der Waals surface area contributed by atoms with Crippen LogP contribution >= 0.6 is 11.6 Å². The van der Waals surface area contributed by atoms with Crippen molar-refractivity contribution in [1.29, 1.82) is 0 Å². The number of rotatable bonds is 6. The quantitative estimate of drug-likeness (QED) is 0.594. The van der Waals surface area contributed by atoms with Crippen LogP contribution in [0.4, 0.5) is 15.8 Å². The standard InChI is InChI=1S/C22H18ClFN2O3/c1-14-19(23)3-2-4-20(14)26-22(28)15-5-11-18(12-6-15)29-13-21(27)25-17-9-7-16(24)8-10-17/h2-12H,13H2,1H3,(H,25,27)(H,26,28). The molecule has 0 saturated carbocycles. The third kappa shape index (κ3) is 5.56. The number of amides is 2. The van der Waals surface area contributed by atoms with Gasteiger partial charge in [-0.3, -0.25) is 9.59 Å². The molecule has 0 spiro atoms. The maximum Gasteiger partial charge on any atom is 0.262 e. The molecule has 0 radical (unpaired) electrons. The van der Waals surface area contributed by atoms with Crippen LogP contribution in [0.3, 0.4) is 0 Å². The second-order valence-corrected chi connectivity index (χ2v) is 6.64. The van der Waals surface area contributed by atoms with Crippen molar-refractivity contribution in [3.63, 3.8) is 0 Å². The van der Waals surface area contributed by atoms with Gasteiger partial charge in [-0.15, -0.1) is 0 Å². The summed E-state index contributed by atoms with van der Waals surface area (Å²) in [6.45, 7) is 1.61. The van der Waals surface area contributed by atoms with Crippen molar-refractivity contribution in [3.05, 3.63) is 88.7 Å². The van der Waals surface area contributed by atoms with Gasteiger partial charge in [0.15, 0.2) is 6.61 Å². The Hall–Kier alpha value is -3.38. The summed E-state index contributed by atoms with van der Waals surface area (Å²) in [6, 6.07) is 17.1. The topological polar surface area (TPSA) is 67.4 Å². The molecule has 0 aromatic heterocycles. The van der Waals surface area contributed by atoms with E-state index in [1.165, 1.54) is 24.3 Å². The zero-order valence-electron chi connectivity index (χ0n) is 15.5. The molecule has 29 heavy (non-hydrogen) atoms. The molecule has 2 N–H and O–H groups in total. The highest BCUT2D eigenvalue weighted by Crippen LogP contribution is 2.23. The van der Waals surface area contributed by atoms with E-state index in [9.17, 15) is 14.0 Å². The van der Waals surface area contributed by atoms with E-state index in [0.717, 1.165) is 5.56 Å². The molecular weight excluding hydrogens is 395 g/mol. The molecule has 0 bridgehead atoms. The van der Waals surface area contributed by atoms with E-state index in [1.807, 2.05) is 6.92 Å². The zero-order chi connectivity index (χ0) is 20.8. The maximum atomic E-state index is 12.9. The molecule has 0 aliphatic rings. The van der Waals surface area contributed by atoms with E-state index in [4.69, 9.17) is 16.3 Å². The SMILES string of the molecule is Cc1c(Cl)cccc1NC(=O)c1ccc(OCC(=O)Nc2ccc(F)cc2)cc1. The molecule has 0 aliphatic carbocycles. The van der Waals surface area contributed by atoms with Crippen LogP contribution in [-0.2, 0) is 4.79 Å². The smallest absolute Gasteiger partial charge is 0.262 e. The van der Waals surface area contributed by atoms with Gasteiger partial charge in [0.2, 0.25) is 0 Å². The molecule has 0 saturated heterocycles. The molecule has 0 unspecified atom stereocenters. The van der Waals surface area contributed by atoms with Crippen LogP contribution < -0.4 is 15.4 Å². The fourth-order valence-corrected chi connectivity index (χ4v) is 2.69. The van der Waals surface area contributed by atoms with Gasteiger partial charge in [-0.1, -0.05) is 17.7 Å². The molecule has 3 aromatic rings. The highest BCUT2D eigenvalue weighted by Gasteiger charge is 2.10. The van der Waals surface area contributed by atoms with Gasteiger partial charge in [-0.2, -0.15) is 0 Å². The molecule has 7 heteroatoms. The fraction of sp³-hybridized carbons (Fsp3) is 0.0909. The van der Waals surface area contributed by atoms with Gasteiger partial charge in [-0.25, -0.2) is 4.39 Å². The van der Waals surface area contributed by atoms with Gasteiger partial charge in [0, 0.05) is 22.0 Å². The third-order valence-electron chi connectivity index (χ3n) is 4.13. The van der Waals surface area contributed by atoms with Crippen molar-refractivity contribution >= 4 is 34.8 Å². The normalized spacial score (nSPS) is 10.3. The lowest BCUT2D eigenvalue weighted by molar-refractivity contribution is -0.118. The maximum absolute atomic E-state index is 12.9. The monoisotopic (exact) mass is 412 g/mol. The van der Waals surface area contributed by atoms with E-state index in [-0.39, 0.29) is 24.2 Å². The minimum atomic E-state index is -0.381. The Kier molecular flexibility index (Phi) is 6.46. The number of nitrogens with one attached hydrogen (secondary N) is 2. The van der Waals surface area contributed by atoms with Crippen LogP contribution in [0.15, 0.2) is 66.7 Å². The van der Waals surface area contributed by atoms with Crippen molar-refractivity contribution in [2.45, 2.75) is 6.92 Å². The first kappa shape index (κ1) is 20.4. The first-order chi connectivity index (χ1) is 13.9. The number of carbonyl (C=O) groups is 2. The zero-order valence-corrected chi connectivity index (χ0v) is 16.3. The minimum absolute atomic E-state index is 0.218. The van der Waals surface area contributed by atoms with Gasteiger partial charge >= 0.3 is 0 Å². The number of benzene rings is 3. The van der Waals surface area contributed by atoms with Crippen LogP contribution in [-0.4, -0.2) is 18.4 Å². The van der Waals surface area contributed by atoms with E-state index in [2.05, 4.69) is 10.6 Å². The summed E-state index contributed by atoms with van der Waals surface area (Å²) >= 11 is 6.07. The first-order valence-electron chi connectivity index (χ1n) is 8.77. The molecule has 5 nitrogen and oxygen atoms in total. The molecule has 2 amide bonds. The summed E-state index contributed by atoms with van der Waals surface area (Å²) < 4.78 is 18.3. The van der Waals surface area contributed by atoms with Gasteiger partial charge in [0.25, 0.3) is 11.8 Å². The number of hydrogen-bond acceptors (Lipinski definition) is 3. The average molecular weight is 413 g/mol. The molecule has 3 aromatic carbocycles. The third-order valence-corrected chi connectivity index (χ3v) is 4.54. The number of carbonyl (C=O) groups excluding carboxylic acids is 2. The Morgan fingerprint density at radius 1 is 0.966 bits per heavy atom. The largest absolute Gasteiger partial charge is 0.484 e. The van der Waals surface area contributed by atoms with Crippen LogP contribution in [0, 0.1) is 12.7 Å². The Bertz CT molecular complexity index is 1020. The summed E-state index contributed by atoms with van der Waals surface area (Å²) in [7, 11) is 0. The summed E-state index contributed by atoms with van der Waals surface area (Å²) in [4.78, 5) is 24.3. The lowest BCUT2D eigenvalue weighted by Gasteiger charge is -2.10. The van der Waals surface area contributed by atoms with Crippen LogP contribution in [0.5, 0.6) is 5.75 Å². The van der Waals surface area contributed by atoms with E-state index < -0.39 is 0 Å². The summed E-state index contributed by atoms with van der Waals surface area (Å²) in [6.07, 6.45) is 0. The minimum Gasteiger partial charge on any atom is -0.484 e. The highest BCUT2D eigenvalue weighted by molar-refractivity contribution is 6.31. The summed E-state index contributed by atoms with van der Waals surface area (Å²) in [5, 5.41) is 5.99. The Labute approximate surface area is 172 Å². The predicted octanol–water partition coefficient (Wildman–Crippen LogP) is 5.06. The molecule has 3 rings (SSSR count). The summed E-state index contributed by atoms with van der Waals surface area (Å²) in [5.41, 5.74) is 2.34. The molecule has 0 atom stereocenters. The fourth-order valence-electron chi connectivity index (χ4n) is 2.52. The van der Waals surface area contributed by atoms with Crippen LogP contribution in [0.25, 0.3) is 0 Å². The van der Waals surface area contributed by atoms with Crippen LogP contribution in [0.2, 0.25) is 5.02 Å². The lowest BCUT2D eigenvalue weighted by Crippen LogP contribution is -2.20. The van der Waals surface area contributed by atoms with Gasteiger partial charge < -0.3 is 15.4 Å². The second-order valence-electron chi connectivity index (χ2n) is 6.23. The van der Waals surface area contributed by atoms with Gasteiger partial charge in [0.05, 0.1) is 0 Å². The Balaban J connectivity index is 1.54. The van der Waals surface area contributed by atoms with Crippen molar-refractivity contribution in [2.24, 2.45) is 0 Å². The molecular formula is C22H18ClFN2O3. The van der Waals surface area contributed by atoms with Crippen molar-refractivity contribution < 1.29 is 18.7 Å². The summed E-state index contributed by atoms with van der Waals surface area (Å²) in [5.74, 6) is -0.602. The molecule has 0 heterocycles. The predicted molar refractivity (Wildman–Crippen MR) is 111 cm³/mol. The number of ether oxygens (including phenoxy) is 1. The van der Waals surface area contributed by atoms with Crippen molar-refractivity contribution in [2.75, 3.05) is 17.2 Å². The molecule has 148 valence electrons.